The van der Waals surface area contributed by atoms with E-state index in [1.165, 1.54) is 50.4 Å². The van der Waals surface area contributed by atoms with Crippen molar-refractivity contribution in [1.29, 1.82) is 5.26 Å². The summed E-state index contributed by atoms with van der Waals surface area (Å²) in [6, 6.07) is 10.7. The fraction of sp³-hybridized carbons (Fsp3) is 0.263. The molecule has 0 spiro atoms. The van der Waals surface area contributed by atoms with Crippen molar-refractivity contribution >= 4 is 17.3 Å². The highest BCUT2D eigenvalue weighted by Crippen LogP contribution is 2.31. The molecule has 0 saturated heterocycles. The molecule has 0 aromatic heterocycles. The molecule has 9 nitrogen and oxygen atoms in total. The van der Waals surface area contributed by atoms with E-state index in [0.717, 1.165) is 0 Å². The van der Waals surface area contributed by atoms with Crippen molar-refractivity contribution in [2.24, 2.45) is 0 Å². The van der Waals surface area contributed by atoms with Gasteiger partial charge in [-0.05, 0) is 38.1 Å². The maximum Gasteiger partial charge on any atom is 0.296 e. The molecular weight excluding hydrogens is 366 g/mol. The van der Waals surface area contributed by atoms with Gasteiger partial charge in [0.1, 0.15) is 11.4 Å². The molecule has 0 saturated carbocycles. The molecule has 0 aliphatic heterocycles. The SMILES string of the molecule is CCOc1cc(C#N)ccc1O[C@H](C)C(=O)Nc1ccc(OC)cc1[N+](=O)[O-]. The fourth-order valence-electron chi connectivity index (χ4n) is 2.32. The number of rotatable bonds is 8. The first kappa shape index (κ1) is 20.5. The number of amides is 1. The van der Waals surface area contributed by atoms with Gasteiger partial charge in [-0.15, -0.1) is 0 Å². The van der Waals surface area contributed by atoms with Gasteiger partial charge in [0.05, 0.1) is 36.3 Å². The summed E-state index contributed by atoms with van der Waals surface area (Å²) in [5.74, 6) is 0.331. The Kier molecular flexibility index (Phi) is 6.76. The van der Waals surface area contributed by atoms with Gasteiger partial charge in [-0.1, -0.05) is 0 Å². The number of nitro groups is 1. The molecule has 0 aliphatic rings. The lowest BCUT2D eigenvalue weighted by Crippen LogP contribution is -2.30. The Bertz CT molecular complexity index is 922. The van der Waals surface area contributed by atoms with E-state index in [-0.39, 0.29) is 17.1 Å². The van der Waals surface area contributed by atoms with Gasteiger partial charge >= 0.3 is 0 Å². The van der Waals surface area contributed by atoms with Crippen LogP contribution in [0.4, 0.5) is 11.4 Å². The fourth-order valence-corrected chi connectivity index (χ4v) is 2.32. The van der Waals surface area contributed by atoms with Crippen LogP contribution in [0.2, 0.25) is 0 Å². The first-order chi connectivity index (χ1) is 13.4. The summed E-state index contributed by atoms with van der Waals surface area (Å²) >= 11 is 0. The highest BCUT2D eigenvalue weighted by Gasteiger charge is 2.22. The molecule has 0 radical (unpaired) electrons. The number of nitrogens with one attached hydrogen (secondary N) is 1. The Morgan fingerprint density at radius 1 is 1.29 bits per heavy atom. The Labute approximate surface area is 161 Å². The van der Waals surface area contributed by atoms with Crippen LogP contribution < -0.4 is 19.5 Å². The topological polar surface area (TPSA) is 124 Å². The zero-order chi connectivity index (χ0) is 20.7. The Morgan fingerprint density at radius 3 is 2.64 bits per heavy atom. The van der Waals surface area contributed by atoms with Crippen LogP contribution >= 0.6 is 0 Å². The van der Waals surface area contributed by atoms with Crippen LogP contribution in [0.25, 0.3) is 0 Å². The van der Waals surface area contributed by atoms with Crippen LogP contribution in [0.15, 0.2) is 36.4 Å². The second kappa shape index (κ2) is 9.23. The quantitative estimate of drug-likeness (QED) is 0.546. The van der Waals surface area contributed by atoms with Crippen molar-refractivity contribution in [2.45, 2.75) is 20.0 Å². The Morgan fingerprint density at radius 2 is 2.04 bits per heavy atom. The number of nitrogens with zero attached hydrogens (tertiary/aromatic N) is 2. The van der Waals surface area contributed by atoms with Gasteiger partial charge in [0.25, 0.3) is 11.6 Å². The largest absolute Gasteiger partial charge is 0.496 e. The average Bonchev–Trinajstić information content (AvgIpc) is 2.69. The first-order valence-corrected chi connectivity index (χ1v) is 8.36. The second-order valence-electron chi connectivity index (χ2n) is 5.60. The highest BCUT2D eigenvalue weighted by molar-refractivity contribution is 5.96. The third-order valence-corrected chi connectivity index (χ3v) is 3.71. The summed E-state index contributed by atoms with van der Waals surface area (Å²) < 4.78 is 16.0. The predicted molar refractivity (Wildman–Crippen MR) is 101 cm³/mol. The van der Waals surface area contributed by atoms with Crippen molar-refractivity contribution in [3.05, 3.63) is 52.1 Å². The molecule has 1 atom stereocenters. The van der Waals surface area contributed by atoms with E-state index in [2.05, 4.69) is 5.32 Å². The molecule has 0 unspecified atom stereocenters. The van der Waals surface area contributed by atoms with E-state index in [4.69, 9.17) is 19.5 Å². The molecule has 0 heterocycles. The van der Waals surface area contributed by atoms with Crippen molar-refractivity contribution < 1.29 is 23.9 Å². The lowest BCUT2D eigenvalue weighted by atomic mass is 10.2. The molecule has 9 heteroatoms. The van der Waals surface area contributed by atoms with E-state index >= 15 is 0 Å². The zero-order valence-corrected chi connectivity index (χ0v) is 15.6. The van der Waals surface area contributed by atoms with Crippen molar-refractivity contribution in [3.8, 4) is 23.3 Å². The van der Waals surface area contributed by atoms with Gasteiger partial charge in [0.2, 0.25) is 0 Å². The molecule has 0 aliphatic carbocycles. The maximum atomic E-state index is 12.5. The van der Waals surface area contributed by atoms with Crippen molar-refractivity contribution in [3.63, 3.8) is 0 Å². The standard InChI is InChI=1S/C19H19N3O6/c1-4-27-18-9-13(11-20)5-8-17(18)28-12(2)19(23)21-15-7-6-14(26-3)10-16(15)22(24)25/h5-10,12H,4H2,1-3H3,(H,21,23)/t12-/m1/s1. The zero-order valence-electron chi connectivity index (χ0n) is 15.6. The van der Waals surface area contributed by atoms with Gasteiger partial charge in [-0.25, -0.2) is 0 Å². The lowest BCUT2D eigenvalue weighted by Gasteiger charge is -2.17. The van der Waals surface area contributed by atoms with Crippen LogP contribution in [-0.4, -0.2) is 30.7 Å². The number of benzene rings is 2. The van der Waals surface area contributed by atoms with Crippen LogP contribution in [0, 0.1) is 21.4 Å². The molecule has 0 bridgehead atoms. The number of carbonyl (C=O) groups is 1. The monoisotopic (exact) mass is 385 g/mol. The summed E-state index contributed by atoms with van der Waals surface area (Å²) in [7, 11) is 1.39. The van der Waals surface area contributed by atoms with Crippen LogP contribution in [0.5, 0.6) is 17.2 Å². The smallest absolute Gasteiger partial charge is 0.296 e. The minimum Gasteiger partial charge on any atom is -0.496 e. The van der Waals surface area contributed by atoms with Crippen molar-refractivity contribution in [1.82, 2.24) is 0 Å². The number of nitriles is 1. The lowest BCUT2D eigenvalue weighted by molar-refractivity contribution is -0.384. The first-order valence-electron chi connectivity index (χ1n) is 8.36. The predicted octanol–water partition coefficient (Wildman–Crippen LogP) is 3.28. The van der Waals surface area contributed by atoms with Gasteiger partial charge < -0.3 is 19.5 Å². The summed E-state index contributed by atoms with van der Waals surface area (Å²) in [6.07, 6.45) is -0.978. The maximum absolute atomic E-state index is 12.5. The Balaban J connectivity index is 2.18. The molecular formula is C19H19N3O6. The normalized spacial score (nSPS) is 11.1. The van der Waals surface area contributed by atoms with Gasteiger partial charge in [0.15, 0.2) is 17.6 Å². The average molecular weight is 385 g/mol. The van der Waals surface area contributed by atoms with Gasteiger partial charge in [0, 0.05) is 6.07 Å². The third-order valence-electron chi connectivity index (χ3n) is 3.71. The summed E-state index contributed by atoms with van der Waals surface area (Å²) in [6.45, 7) is 3.63. The highest BCUT2D eigenvalue weighted by atomic mass is 16.6. The number of hydrogen-bond donors (Lipinski definition) is 1. The van der Waals surface area contributed by atoms with E-state index < -0.39 is 16.9 Å². The van der Waals surface area contributed by atoms with Crippen molar-refractivity contribution in [2.75, 3.05) is 19.0 Å². The molecule has 1 amide bonds. The van der Waals surface area contributed by atoms with E-state index in [1.807, 2.05) is 6.07 Å². The van der Waals surface area contributed by atoms with Crippen LogP contribution in [0.3, 0.4) is 0 Å². The molecule has 146 valence electrons. The van der Waals surface area contributed by atoms with E-state index in [1.54, 1.807) is 6.92 Å². The molecule has 2 aromatic rings. The molecule has 1 N–H and O–H groups in total. The molecule has 2 rings (SSSR count). The second-order valence-corrected chi connectivity index (χ2v) is 5.60. The minimum atomic E-state index is -0.978. The number of hydrogen-bond acceptors (Lipinski definition) is 7. The van der Waals surface area contributed by atoms with Crippen LogP contribution in [-0.2, 0) is 4.79 Å². The number of methoxy groups -OCH3 is 1. The molecule has 28 heavy (non-hydrogen) atoms. The minimum absolute atomic E-state index is 0.0242. The summed E-state index contributed by atoms with van der Waals surface area (Å²) in [5.41, 5.74) is 0.117. The summed E-state index contributed by atoms with van der Waals surface area (Å²) in [4.78, 5) is 23.1. The Hall–Kier alpha value is -3.80. The number of ether oxygens (including phenoxy) is 3. The number of carbonyl (C=O) groups excluding carboxylic acids is 1. The summed E-state index contributed by atoms with van der Waals surface area (Å²) in [5, 5.41) is 22.7. The molecule has 0 fully saturated rings. The number of nitro benzene ring substituents is 1. The van der Waals surface area contributed by atoms with Gasteiger partial charge in [-0.2, -0.15) is 5.26 Å². The number of anilines is 1. The third kappa shape index (κ3) is 4.88. The van der Waals surface area contributed by atoms with Gasteiger partial charge in [-0.3, -0.25) is 14.9 Å². The van der Waals surface area contributed by atoms with E-state index in [9.17, 15) is 14.9 Å². The molecule has 2 aromatic carbocycles. The van der Waals surface area contributed by atoms with Crippen LogP contribution in [0.1, 0.15) is 19.4 Å². The van der Waals surface area contributed by atoms with E-state index in [0.29, 0.717) is 23.7 Å².